The Morgan fingerprint density at radius 1 is 1.47 bits per heavy atom. The van der Waals surface area contributed by atoms with Crippen LogP contribution in [0.4, 0.5) is 4.39 Å². The molecule has 1 atom stereocenters. The number of carbonyl (C=O) groups excluding carboxylic acids is 1. The van der Waals surface area contributed by atoms with Gasteiger partial charge in [-0.3, -0.25) is 4.79 Å². The first-order chi connectivity index (χ1) is 9.18. The molecule has 104 valence electrons. The predicted molar refractivity (Wildman–Crippen MR) is 74.6 cm³/mol. The summed E-state index contributed by atoms with van der Waals surface area (Å²) in [5.74, 6) is -0.901. The van der Waals surface area contributed by atoms with Gasteiger partial charge >= 0.3 is 0 Å². The molecule has 1 aromatic carbocycles. The summed E-state index contributed by atoms with van der Waals surface area (Å²) in [5.41, 5.74) is 0.0621. The van der Waals surface area contributed by atoms with E-state index in [2.05, 4.69) is 21.2 Å². The maximum Gasteiger partial charge on any atom is 0.255 e. The number of amides is 1. The van der Waals surface area contributed by atoms with Crippen LogP contribution >= 0.6 is 15.9 Å². The minimum atomic E-state index is -0.513. The standard InChI is InChI=1S/C14H17BrFNO2/c15-11-5-3-6-12(16)13(11)14(18)17-8-7-10-4-1-2-9-19-10/h3,5-6,10H,1-2,4,7-9H2,(H,17,18). The Morgan fingerprint density at radius 3 is 3.00 bits per heavy atom. The van der Waals surface area contributed by atoms with E-state index in [-0.39, 0.29) is 17.6 Å². The van der Waals surface area contributed by atoms with Crippen molar-refractivity contribution in [2.24, 2.45) is 0 Å². The molecule has 1 unspecified atom stereocenters. The van der Waals surface area contributed by atoms with Gasteiger partial charge in [0.1, 0.15) is 5.82 Å². The number of rotatable bonds is 4. The molecule has 1 aromatic rings. The minimum absolute atomic E-state index is 0.0621. The van der Waals surface area contributed by atoms with Gasteiger partial charge in [0.05, 0.1) is 11.7 Å². The molecule has 0 saturated carbocycles. The van der Waals surface area contributed by atoms with E-state index in [0.717, 1.165) is 25.9 Å². The van der Waals surface area contributed by atoms with Crippen LogP contribution in [-0.2, 0) is 4.74 Å². The molecule has 0 aromatic heterocycles. The second kappa shape index (κ2) is 7.01. The van der Waals surface area contributed by atoms with Crippen molar-refractivity contribution in [2.45, 2.75) is 31.8 Å². The molecule has 0 radical (unpaired) electrons. The van der Waals surface area contributed by atoms with Crippen molar-refractivity contribution < 1.29 is 13.9 Å². The number of halogens is 2. The maximum absolute atomic E-state index is 13.6. The summed E-state index contributed by atoms with van der Waals surface area (Å²) in [6.07, 6.45) is 4.33. The highest BCUT2D eigenvalue weighted by atomic mass is 79.9. The van der Waals surface area contributed by atoms with Crippen LogP contribution in [0.5, 0.6) is 0 Å². The van der Waals surface area contributed by atoms with Crippen LogP contribution in [0.15, 0.2) is 22.7 Å². The number of hydrogen-bond acceptors (Lipinski definition) is 2. The Bertz CT molecular complexity index is 427. The Kier molecular flexibility index (Phi) is 5.34. The lowest BCUT2D eigenvalue weighted by atomic mass is 10.1. The molecule has 3 nitrogen and oxygen atoms in total. The lowest BCUT2D eigenvalue weighted by Crippen LogP contribution is -2.30. The van der Waals surface area contributed by atoms with Crippen molar-refractivity contribution in [3.8, 4) is 0 Å². The first kappa shape index (κ1) is 14.5. The van der Waals surface area contributed by atoms with Crippen LogP contribution < -0.4 is 5.32 Å². The molecule has 1 heterocycles. The lowest BCUT2D eigenvalue weighted by molar-refractivity contribution is 0.0117. The number of nitrogens with one attached hydrogen (secondary N) is 1. The van der Waals surface area contributed by atoms with E-state index in [0.29, 0.717) is 11.0 Å². The molecule has 1 aliphatic rings. The maximum atomic E-state index is 13.6. The van der Waals surface area contributed by atoms with E-state index < -0.39 is 5.82 Å². The lowest BCUT2D eigenvalue weighted by Gasteiger charge is -2.22. The fourth-order valence-electron chi connectivity index (χ4n) is 2.18. The third kappa shape index (κ3) is 4.01. The molecule has 19 heavy (non-hydrogen) atoms. The molecule has 1 fully saturated rings. The number of hydrogen-bond donors (Lipinski definition) is 1. The van der Waals surface area contributed by atoms with E-state index in [1.807, 2.05) is 0 Å². The largest absolute Gasteiger partial charge is 0.378 e. The van der Waals surface area contributed by atoms with E-state index in [4.69, 9.17) is 4.74 Å². The smallest absolute Gasteiger partial charge is 0.255 e. The van der Waals surface area contributed by atoms with Gasteiger partial charge in [0.15, 0.2) is 0 Å². The first-order valence-electron chi connectivity index (χ1n) is 6.52. The molecule has 1 N–H and O–H groups in total. The van der Waals surface area contributed by atoms with Gasteiger partial charge in [0.25, 0.3) is 5.91 Å². The summed E-state index contributed by atoms with van der Waals surface area (Å²) >= 11 is 3.19. The van der Waals surface area contributed by atoms with E-state index in [1.54, 1.807) is 12.1 Å². The van der Waals surface area contributed by atoms with E-state index in [9.17, 15) is 9.18 Å². The van der Waals surface area contributed by atoms with Crippen molar-refractivity contribution in [2.75, 3.05) is 13.2 Å². The molecule has 0 spiro atoms. The molecular weight excluding hydrogens is 313 g/mol. The number of benzene rings is 1. The van der Waals surface area contributed by atoms with Gasteiger partial charge in [-0.2, -0.15) is 0 Å². The van der Waals surface area contributed by atoms with Crippen molar-refractivity contribution in [1.29, 1.82) is 0 Å². The third-order valence-electron chi connectivity index (χ3n) is 3.22. The van der Waals surface area contributed by atoms with Gasteiger partial charge in [0.2, 0.25) is 0 Å². The molecular formula is C14H17BrFNO2. The molecule has 0 bridgehead atoms. The Labute approximate surface area is 120 Å². The summed E-state index contributed by atoms with van der Waals surface area (Å²) in [7, 11) is 0. The van der Waals surface area contributed by atoms with Gasteiger partial charge in [-0.25, -0.2) is 4.39 Å². The first-order valence-corrected chi connectivity index (χ1v) is 7.31. The van der Waals surface area contributed by atoms with Crippen LogP contribution in [0, 0.1) is 5.82 Å². The Hall–Kier alpha value is -0.940. The molecule has 0 aliphatic carbocycles. The molecule has 2 rings (SSSR count). The highest BCUT2D eigenvalue weighted by Gasteiger charge is 2.17. The SMILES string of the molecule is O=C(NCCC1CCCCO1)c1c(F)cccc1Br. The topological polar surface area (TPSA) is 38.3 Å². The fourth-order valence-corrected chi connectivity index (χ4v) is 2.71. The molecule has 1 saturated heterocycles. The Morgan fingerprint density at radius 2 is 2.32 bits per heavy atom. The number of carbonyl (C=O) groups is 1. The summed E-state index contributed by atoms with van der Waals surface area (Å²) in [6.45, 7) is 1.31. The van der Waals surface area contributed by atoms with Crippen LogP contribution in [-0.4, -0.2) is 25.2 Å². The van der Waals surface area contributed by atoms with Crippen LogP contribution in [0.3, 0.4) is 0 Å². The molecule has 1 aliphatic heterocycles. The summed E-state index contributed by atoms with van der Waals surface area (Å²) < 4.78 is 19.6. The second-order valence-electron chi connectivity index (χ2n) is 4.63. The summed E-state index contributed by atoms with van der Waals surface area (Å²) in [4.78, 5) is 11.9. The summed E-state index contributed by atoms with van der Waals surface area (Å²) in [5, 5.41) is 2.74. The van der Waals surface area contributed by atoms with E-state index in [1.165, 1.54) is 12.5 Å². The van der Waals surface area contributed by atoms with Gasteiger partial charge < -0.3 is 10.1 Å². The quantitative estimate of drug-likeness (QED) is 0.920. The van der Waals surface area contributed by atoms with Gasteiger partial charge in [-0.05, 0) is 53.7 Å². The van der Waals surface area contributed by atoms with Crippen molar-refractivity contribution in [1.82, 2.24) is 5.32 Å². The predicted octanol–water partition coefficient (Wildman–Crippen LogP) is 3.28. The monoisotopic (exact) mass is 329 g/mol. The van der Waals surface area contributed by atoms with Crippen LogP contribution in [0.25, 0.3) is 0 Å². The zero-order chi connectivity index (χ0) is 13.7. The zero-order valence-electron chi connectivity index (χ0n) is 10.6. The van der Waals surface area contributed by atoms with Crippen molar-refractivity contribution >= 4 is 21.8 Å². The molecule has 5 heteroatoms. The van der Waals surface area contributed by atoms with Crippen molar-refractivity contribution in [3.05, 3.63) is 34.1 Å². The van der Waals surface area contributed by atoms with Crippen LogP contribution in [0.2, 0.25) is 0 Å². The molecule has 1 amide bonds. The average Bonchev–Trinajstić information content (AvgIpc) is 2.40. The summed E-state index contributed by atoms with van der Waals surface area (Å²) in [6, 6.07) is 4.50. The van der Waals surface area contributed by atoms with Gasteiger partial charge in [-0.15, -0.1) is 0 Å². The highest BCUT2D eigenvalue weighted by molar-refractivity contribution is 9.10. The van der Waals surface area contributed by atoms with Gasteiger partial charge in [-0.1, -0.05) is 6.07 Å². The van der Waals surface area contributed by atoms with Crippen molar-refractivity contribution in [3.63, 3.8) is 0 Å². The second-order valence-corrected chi connectivity index (χ2v) is 5.48. The minimum Gasteiger partial charge on any atom is -0.378 e. The fraction of sp³-hybridized carbons (Fsp3) is 0.500. The third-order valence-corrected chi connectivity index (χ3v) is 3.88. The van der Waals surface area contributed by atoms with Crippen LogP contribution in [0.1, 0.15) is 36.0 Å². The van der Waals surface area contributed by atoms with Gasteiger partial charge in [0, 0.05) is 17.6 Å². The Balaban J connectivity index is 1.84. The number of ether oxygens (including phenoxy) is 1. The normalized spacial score (nSPS) is 19.2. The van der Waals surface area contributed by atoms with E-state index >= 15 is 0 Å². The highest BCUT2D eigenvalue weighted by Crippen LogP contribution is 2.19. The zero-order valence-corrected chi connectivity index (χ0v) is 12.2. The average molecular weight is 330 g/mol.